The lowest BCUT2D eigenvalue weighted by Crippen LogP contribution is -2.34. The van der Waals surface area contributed by atoms with Crippen LogP contribution in [0.15, 0.2) is 79.4 Å². The third kappa shape index (κ3) is 6.96. The molecule has 10 heteroatoms. The molecule has 0 radical (unpaired) electrons. The lowest BCUT2D eigenvalue weighted by molar-refractivity contribution is -0.742. The van der Waals surface area contributed by atoms with E-state index in [1.807, 2.05) is 60.2 Å². The fraction of sp³-hybridized carbons (Fsp3) is 0.160. The molecule has 0 aliphatic carbocycles. The molecule has 2 N–H and O–H groups in total. The Morgan fingerprint density at radius 1 is 1.03 bits per heavy atom. The summed E-state index contributed by atoms with van der Waals surface area (Å²) in [7, 11) is 0. The van der Waals surface area contributed by atoms with Crippen LogP contribution in [0.5, 0.6) is 0 Å². The maximum absolute atomic E-state index is 11.9. The summed E-state index contributed by atoms with van der Waals surface area (Å²) in [6.07, 6.45) is 5.61. The van der Waals surface area contributed by atoms with Crippen molar-refractivity contribution in [3.63, 3.8) is 0 Å². The Kier molecular flexibility index (Phi) is 8.75. The second-order valence-corrected chi connectivity index (χ2v) is 9.16. The molecule has 1 atom stereocenters. The molecule has 0 bridgehead atoms. The van der Waals surface area contributed by atoms with Crippen molar-refractivity contribution in [3.05, 3.63) is 121 Å². The van der Waals surface area contributed by atoms with Gasteiger partial charge in [-0.2, -0.15) is 0 Å². The molecular formula is C25H22Cl3N3O4. The standard InChI is InChI=1S/C25H21Cl3N2O.HNO3/c1-17-12-19(20-4-2-3-5-22(20)26)7-8-21(17)25(31,15-30-11-10-29-16-30)14-18-6-9-23(27)24(28)13-18;2-1(3)4/h2-13,16,31H,14-15H2,1H3;(H,2,3,4). The Bertz CT molecular complexity index is 1310. The van der Waals surface area contributed by atoms with Gasteiger partial charge in [0, 0.05) is 29.4 Å². The van der Waals surface area contributed by atoms with E-state index in [0.717, 1.165) is 27.8 Å². The van der Waals surface area contributed by atoms with Crippen molar-refractivity contribution in [2.75, 3.05) is 0 Å². The van der Waals surface area contributed by atoms with E-state index in [1.54, 1.807) is 24.7 Å². The van der Waals surface area contributed by atoms with E-state index in [-0.39, 0.29) is 0 Å². The van der Waals surface area contributed by atoms with Crippen molar-refractivity contribution >= 4 is 34.8 Å². The lowest BCUT2D eigenvalue weighted by atomic mass is 9.83. The minimum Gasteiger partial charge on any atom is -0.383 e. The summed E-state index contributed by atoms with van der Waals surface area (Å²) in [6.45, 7) is 2.35. The van der Waals surface area contributed by atoms with Crippen molar-refractivity contribution < 1.29 is 15.4 Å². The number of aliphatic hydroxyl groups is 1. The molecule has 7 nitrogen and oxygen atoms in total. The third-order valence-electron chi connectivity index (χ3n) is 5.40. The highest BCUT2D eigenvalue weighted by Crippen LogP contribution is 2.35. The van der Waals surface area contributed by atoms with Crippen LogP contribution in [0.25, 0.3) is 11.1 Å². The normalized spacial score (nSPS) is 12.4. The number of imidazole rings is 1. The summed E-state index contributed by atoms with van der Waals surface area (Å²) in [5, 5.41) is 27.2. The third-order valence-corrected chi connectivity index (χ3v) is 6.47. The molecule has 0 fully saturated rings. The summed E-state index contributed by atoms with van der Waals surface area (Å²) in [5.41, 5.74) is 3.49. The van der Waals surface area contributed by atoms with Crippen LogP contribution in [-0.4, -0.2) is 25.0 Å². The highest BCUT2D eigenvalue weighted by molar-refractivity contribution is 6.42. The van der Waals surface area contributed by atoms with Gasteiger partial charge in [-0.25, -0.2) is 4.98 Å². The van der Waals surface area contributed by atoms with E-state index in [9.17, 15) is 5.11 Å². The highest BCUT2D eigenvalue weighted by Gasteiger charge is 2.32. The number of benzene rings is 3. The van der Waals surface area contributed by atoms with E-state index >= 15 is 0 Å². The largest absolute Gasteiger partial charge is 0.383 e. The Labute approximate surface area is 217 Å². The Hall–Kier alpha value is -3.10. The summed E-state index contributed by atoms with van der Waals surface area (Å²) in [5.74, 6) is 0. The van der Waals surface area contributed by atoms with Crippen LogP contribution < -0.4 is 0 Å². The number of nitrogens with zero attached hydrogens (tertiary/aromatic N) is 3. The zero-order chi connectivity index (χ0) is 25.6. The van der Waals surface area contributed by atoms with Crippen LogP contribution in [0.4, 0.5) is 0 Å². The fourth-order valence-electron chi connectivity index (χ4n) is 3.95. The summed E-state index contributed by atoms with van der Waals surface area (Å²) in [6, 6.07) is 19.2. The average Bonchev–Trinajstić information content (AvgIpc) is 3.29. The van der Waals surface area contributed by atoms with Gasteiger partial charge in [0.25, 0.3) is 5.09 Å². The van der Waals surface area contributed by atoms with Gasteiger partial charge < -0.3 is 14.9 Å². The van der Waals surface area contributed by atoms with Gasteiger partial charge >= 0.3 is 0 Å². The predicted octanol–water partition coefficient (Wildman–Crippen LogP) is 6.60. The molecule has 0 saturated heterocycles. The molecule has 0 spiro atoms. The summed E-state index contributed by atoms with van der Waals surface area (Å²) in [4.78, 5) is 12.5. The zero-order valence-electron chi connectivity index (χ0n) is 18.6. The van der Waals surface area contributed by atoms with Gasteiger partial charge in [0.15, 0.2) is 0 Å². The zero-order valence-corrected chi connectivity index (χ0v) is 20.9. The molecular weight excluding hydrogens is 513 g/mol. The molecule has 0 saturated carbocycles. The van der Waals surface area contributed by atoms with E-state index in [0.29, 0.717) is 28.0 Å². The maximum atomic E-state index is 11.9. The first-order valence-electron chi connectivity index (χ1n) is 10.4. The first kappa shape index (κ1) is 26.5. The maximum Gasteiger partial charge on any atom is 0.291 e. The smallest absolute Gasteiger partial charge is 0.291 e. The van der Waals surface area contributed by atoms with Gasteiger partial charge in [-0.3, -0.25) is 0 Å². The lowest BCUT2D eigenvalue weighted by Gasteiger charge is -2.31. The van der Waals surface area contributed by atoms with Gasteiger partial charge in [-0.15, -0.1) is 10.1 Å². The van der Waals surface area contributed by atoms with E-state index in [2.05, 4.69) is 11.1 Å². The SMILES string of the molecule is Cc1cc(-c2ccccc2Cl)ccc1C(O)(Cc1ccc(Cl)c(Cl)c1)Cn1ccnc1.O=[N+]([O-])O. The van der Waals surface area contributed by atoms with Crippen LogP contribution in [0, 0.1) is 17.0 Å². The molecule has 0 aliphatic rings. The second kappa shape index (κ2) is 11.6. The van der Waals surface area contributed by atoms with Crippen LogP contribution in [-0.2, 0) is 18.6 Å². The minimum absolute atomic E-state index is 0.347. The molecule has 35 heavy (non-hydrogen) atoms. The quantitative estimate of drug-likeness (QED) is 0.214. The average molecular weight is 535 g/mol. The van der Waals surface area contributed by atoms with Gasteiger partial charge in [-0.05, 0) is 47.4 Å². The van der Waals surface area contributed by atoms with E-state index in [4.69, 9.17) is 50.1 Å². The van der Waals surface area contributed by atoms with Crippen molar-refractivity contribution in [3.8, 4) is 11.1 Å². The van der Waals surface area contributed by atoms with Crippen LogP contribution >= 0.6 is 34.8 Å². The molecule has 4 rings (SSSR count). The van der Waals surface area contributed by atoms with E-state index in [1.165, 1.54) is 0 Å². The predicted molar refractivity (Wildman–Crippen MR) is 137 cm³/mol. The van der Waals surface area contributed by atoms with Gasteiger partial charge in [0.1, 0.15) is 5.60 Å². The van der Waals surface area contributed by atoms with Crippen LogP contribution in [0.2, 0.25) is 15.1 Å². The topological polar surface area (TPSA) is 101 Å². The summed E-state index contributed by atoms with van der Waals surface area (Å²) >= 11 is 18.7. The van der Waals surface area contributed by atoms with Gasteiger partial charge in [-0.1, -0.05) is 77.3 Å². The summed E-state index contributed by atoms with van der Waals surface area (Å²) < 4.78 is 1.87. The number of hydrogen-bond donors (Lipinski definition) is 2. The number of aryl methyl sites for hydroxylation is 1. The molecule has 0 amide bonds. The molecule has 1 unspecified atom stereocenters. The number of hydrogen-bond acceptors (Lipinski definition) is 4. The van der Waals surface area contributed by atoms with Crippen molar-refractivity contribution in [2.45, 2.75) is 25.5 Å². The molecule has 4 aromatic rings. The Morgan fingerprint density at radius 3 is 2.34 bits per heavy atom. The molecule has 1 aromatic heterocycles. The molecule has 1 heterocycles. The fourth-order valence-corrected chi connectivity index (χ4v) is 4.52. The second-order valence-electron chi connectivity index (χ2n) is 7.94. The monoisotopic (exact) mass is 533 g/mol. The molecule has 182 valence electrons. The molecule has 0 aliphatic heterocycles. The Morgan fingerprint density at radius 2 is 1.74 bits per heavy atom. The number of aromatic nitrogens is 2. The van der Waals surface area contributed by atoms with Gasteiger partial charge in [0.2, 0.25) is 0 Å². The first-order valence-corrected chi connectivity index (χ1v) is 11.5. The number of halogens is 3. The van der Waals surface area contributed by atoms with E-state index < -0.39 is 10.7 Å². The molecule has 3 aromatic carbocycles. The highest BCUT2D eigenvalue weighted by atomic mass is 35.5. The van der Waals surface area contributed by atoms with Gasteiger partial charge in [0.05, 0.1) is 22.9 Å². The number of rotatable bonds is 6. The minimum atomic E-state index is -1.50. The van der Waals surface area contributed by atoms with Crippen molar-refractivity contribution in [1.82, 2.24) is 9.55 Å². The van der Waals surface area contributed by atoms with Crippen molar-refractivity contribution in [2.24, 2.45) is 0 Å². The van der Waals surface area contributed by atoms with Crippen LogP contribution in [0.1, 0.15) is 16.7 Å². The Balaban J connectivity index is 0.000000795. The van der Waals surface area contributed by atoms with Crippen LogP contribution in [0.3, 0.4) is 0 Å². The first-order chi connectivity index (χ1) is 16.6. The van der Waals surface area contributed by atoms with Crippen molar-refractivity contribution in [1.29, 1.82) is 0 Å².